The summed E-state index contributed by atoms with van der Waals surface area (Å²) in [6.45, 7) is 0. The monoisotopic (exact) mass is 331 g/mol. The van der Waals surface area contributed by atoms with Crippen LogP contribution in [0.3, 0.4) is 0 Å². The van der Waals surface area contributed by atoms with Gasteiger partial charge in [-0.25, -0.2) is 13.1 Å². The number of thioether (sulfide) groups is 1. The summed E-state index contributed by atoms with van der Waals surface area (Å²) in [4.78, 5) is 4.26. The minimum Gasteiger partial charge on any atom is -0.388 e. The van der Waals surface area contributed by atoms with Crippen LogP contribution in [0.4, 0.5) is 0 Å². The second kappa shape index (κ2) is 6.38. The van der Waals surface area contributed by atoms with Crippen LogP contribution in [0.25, 0.3) is 0 Å². The molecule has 1 aliphatic rings. The van der Waals surface area contributed by atoms with E-state index in [1.165, 1.54) is 18.3 Å². The average molecular weight is 331 g/mol. The number of hydrogen-bond donors (Lipinski definition) is 2. The van der Waals surface area contributed by atoms with Crippen LogP contribution in [0.1, 0.15) is 25.0 Å². The molecule has 3 N–H and O–H groups in total. The zero-order chi connectivity index (χ0) is 14.8. The highest BCUT2D eigenvalue weighted by Gasteiger charge is 2.30. The molecule has 20 heavy (non-hydrogen) atoms. The Balaban J connectivity index is 2.15. The van der Waals surface area contributed by atoms with Gasteiger partial charge in [0.05, 0.1) is 5.69 Å². The van der Waals surface area contributed by atoms with Crippen molar-refractivity contribution < 1.29 is 8.42 Å². The van der Waals surface area contributed by atoms with Crippen molar-refractivity contribution in [3.05, 3.63) is 24.0 Å². The lowest BCUT2D eigenvalue weighted by atomic mass is 10.3. The van der Waals surface area contributed by atoms with Crippen molar-refractivity contribution in [1.82, 2.24) is 9.71 Å². The Labute approximate surface area is 128 Å². The first kappa shape index (κ1) is 15.7. The molecule has 0 amide bonds. The van der Waals surface area contributed by atoms with Crippen LogP contribution < -0.4 is 10.5 Å². The molecule has 2 rings (SSSR count). The third-order valence-electron chi connectivity index (χ3n) is 3.36. The predicted molar refractivity (Wildman–Crippen MR) is 85.4 cm³/mol. The van der Waals surface area contributed by atoms with Gasteiger partial charge in [-0.1, -0.05) is 18.6 Å². The fraction of sp³-hybridized carbons (Fsp3) is 0.500. The molecule has 2 unspecified atom stereocenters. The van der Waals surface area contributed by atoms with Crippen LogP contribution in [0, 0.1) is 0 Å². The van der Waals surface area contributed by atoms with Crippen molar-refractivity contribution in [1.29, 1.82) is 0 Å². The first-order valence-corrected chi connectivity index (χ1v) is 9.43. The molecule has 5 nitrogen and oxygen atoms in total. The number of sulfonamides is 1. The summed E-state index contributed by atoms with van der Waals surface area (Å²) in [5.41, 5.74) is 5.86. The lowest BCUT2D eigenvalue weighted by molar-refractivity contribution is 0.555. The number of rotatable bonds is 5. The summed E-state index contributed by atoms with van der Waals surface area (Å²) >= 11 is 6.50. The molecule has 0 radical (unpaired) electrons. The van der Waals surface area contributed by atoms with Crippen LogP contribution in [-0.4, -0.2) is 35.9 Å². The molecule has 2 atom stereocenters. The van der Waals surface area contributed by atoms with Crippen molar-refractivity contribution in [3.8, 4) is 0 Å². The van der Waals surface area contributed by atoms with E-state index in [1.807, 2.05) is 6.26 Å². The molecule has 0 aromatic carbocycles. The molecule has 8 heteroatoms. The fourth-order valence-corrected chi connectivity index (χ4v) is 4.69. The van der Waals surface area contributed by atoms with Crippen LogP contribution in [0.15, 0.2) is 23.2 Å². The largest absolute Gasteiger partial charge is 0.388 e. The van der Waals surface area contributed by atoms with Gasteiger partial charge in [-0.3, -0.25) is 4.98 Å². The second-order valence-electron chi connectivity index (χ2n) is 4.68. The molecule has 1 aromatic heterocycles. The van der Waals surface area contributed by atoms with Crippen molar-refractivity contribution in [2.45, 2.75) is 35.4 Å². The van der Waals surface area contributed by atoms with Crippen molar-refractivity contribution in [2.24, 2.45) is 5.73 Å². The second-order valence-corrected chi connectivity index (χ2v) is 7.91. The maximum atomic E-state index is 12.3. The van der Waals surface area contributed by atoms with E-state index < -0.39 is 10.0 Å². The minimum atomic E-state index is -3.54. The molecule has 0 aliphatic heterocycles. The van der Waals surface area contributed by atoms with Gasteiger partial charge in [0.1, 0.15) is 9.88 Å². The van der Waals surface area contributed by atoms with Crippen LogP contribution in [0.2, 0.25) is 0 Å². The van der Waals surface area contributed by atoms with Gasteiger partial charge < -0.3 is 5.73 Å². The SMILES string of the molecule is CSC1CCCC1NS(=O)(=O)c1ccc(C(N)=S)nc1. The topological polar surface area (TPSA) is 85.1 Å². The zero-order valence-electron chi connectivity index (χ0n) is 11.1. The normalized spacial score (nSPS) is 22.9. The molecule has 1 aromatic rings. The van der Waals surface area contributed by atoms with Crippen LogP contribution in [0.5, 0.6) is 0 Å². The van der Waals surface area contributed by atoms with E-state index in [0.29, 0.717) is 10.9 Å². The van der Waals surface area contributed by atoms with Gasteiger partial charge in [0.15, 0.2) is 0 Å². The van der Waals surface area contributed by atoms with E-state index in [-0.39, 0.29) is 15.9 Å². The Morgan fingerprint density at radius 3 is 2.80 bits per heavy atom. The van der Waals surface area contributed by atoms with Crippen LogP contribution >= 0.6 is 24.0 Å². The van der Waals surface area contributed by atoms with E-state index in [0.717, 1.165) is 19.3 Å². The highest BCUT2D eigenvalue weighted by molar-refractivity contribution is 7.99. The molecule has 1 heterocycles. The Hall–Kier alpha value is -0.700. The molecule has 0 spiro atoms. The molecule has 0 bridgehead atoms. The molecular weight excluding hydrogens is 314 g/mol. The Morgan fingerprint density at radius 1 is 1.50 bits per heavy atom. The van der Waals surface area contributed by atoms with Gasteiger partial charge in [-0.05, 0) is 31.2 Å². The average Bonchev–Trinajstić information content (AvgIpc) is 2.85. The summed E-state index contributed by atoms with van der Waals surface area (Å²) in [5.74, 6) is 0. The Kier molecular flexibility index (Phi) is 5.00. The lowest BCUT2D eigenvalue weighted by Crippen LogP contribution is -2.38. The molecule has 1 fully saturated rings. The maximum absolute atomic E-state index is 12.3. The van der Waals surface area contributed by atoms with E-state index in [2.05, 4.69) is 9.71 Å². The summed E-state index contributed by atoms with van der Waals surface area (Å²) in [6.07, 6.45) is 6.28. The minimum absolute atomic E-state index is 0.00902. The molecule has 1 aliphatic carbocycles. The molecular formula is C12H17N3O2S3. The van der Waals surface area contributed by atoms with Crippen molar-refractivity contribution >= 4 is 39.0 Å². The van der Waals surface area contributed by atoms with E-state index in [4.69, 9.17) is 18.0 Å². The number of nitrogens with one attached hydrogen (secondary N) is 1. The quantitative estimate of drug-likeness (QED) is 0.791. The Bertz CT molecular complexity index is 586. The van der Waals surface area contributed by atoms with Gasteiger partial charge in [0.25, 0.3) is 0 Å². The van der Waals surface area contributed by atoms with Crippen LogP contribution in [-0.2, 0) is 10.0 Å². The molecule has 1 saturated carbocycles. The Morgan fingerprint density at radius 2 is 2.25 bits per heavy atom. The summed E-state index contributed by atoms with van der Waals surface area (Å²) in [6, 6.07) is 3.00. The zero-order valence-corrected chi connectivity index (χ0v) is 13.5. The number of nitrogens with two attached hydrogens (primary N) is 1. The van der Waals surface area contributed by atoms with Crippen molar-refractivity contribution in [2.75, 3.05) is 6.26 Å². The number of pyridine rings is 1. The van der Waals surface area contributed by atoms with Gasteiger partial charge in [-0.2, -0.15) is 11.8 Å². The number of nitrogens with zero attached hydrogens (tertiary/aromatic N) is 1. The molecule has 110 valence electrons. The lowest BCUT2D eigenvalue weighted by Gasteiger charge is -2.19. The number of aromatic nitrogens is 1. The summed E-state index contributed by atoms with van der Waals surface area (Å²) < 4.78 is 27.4. The van der Waals surface area contributed by atoms with Gasteiger partial charge in [-0.15, -0.1) is 0 Å². The summed E-state index contributed by atoms with van der Waals surface area (Å²) in [7, 11) is -3.54. The van der Waals surface area contributed by atoms with E-state index in [9.17, 15) is 8.42 Å². The fourth-order valence-electron chi connectivity index (χ4n) is 2.30. The third-order valence-corrected chi connectivity index (χ3v) is 6.21. The first-order chi connectivity index (χ1) is 9.44. The van der Waals surface area contributed by atoms with Gasteiger partial charge in [0, 0.05) is 17.5 Å². The standard InChI is InChI=1S/C12H17N3O2S3/c1-19-11-4-2-3-9(11)15-20(16,17)8-5-6-10(12(13)18)14-7-8/h5-7,9,11,15H,2-4H2,1H3,(H2,13,18). The predicted octanol–water partition coefficient (Wildman–Crippen LogP) is 1.28. The first-order valence-electron chi connectivity index (χ1n) is 6.25. The number of hydrogen-bond acceptors (Lipinski definition) is 5. The van der Waals surface area contributed by atoms with Gasteiger partial charge in [0.2, 0.25) is 10.0 Å². The van der Waals surface area contributed by atoms with E-state index in [1.54, 1.807) is 11.8 Å². The smallest absolute Gasteiger partial charge is 0.242 e. The number of thiocarbonyl (C=S) groups is 1. The highest BCUT2D eigenvalue weighted by Crippen LogP contribution is 2.29. The summed E-state index contributed by atoms with van der Waals surface area (Å²) in [5, 5.41) is 0.341. The van der Waals surface area contributed by atoms with Gasteiger partial charge >= 0.3 is 0 Å². The maximum Gasteiger partial charge on any atom is 0.242 e. The molecule has 0 saturated heterocycles. The van der Waals surface area contributed by atoms with Crippen molar-refractivity contribution in [3.63, 3.8) is 0 Å². The van der Waals surface area contributed by atoms with E-state index >= 15 is 0 Å². The highest BCUT2D eigenvalue weighted by atomic mass is 32.2. The third kappa shape index (κ3) is 3.49.